The molecule has 2 N–H and O–H groups in total. The molecule has 0 aromatic heterocycles. The first-order valence-electron chi connectivity index (χ1n) is 7.19. The van der Waals surface area contributed by atoms with Gasteiger partial charge in [-0.05, 0) is 19.4 Å². The first kappa shape index (κ1) is 21.4. The number of ether oxygens (including phenoxy) is 1. The Labute approximate surface area is 135 Å². The molecule has 0 bridgehead atoms. The number of amides is 1. The summed E-state index contributed by atoms with van der Waals surface area (Å²) in [4.78, 5) is 13.2. The van der Waals surface area contributed by atoms with Crippen molar-refractivity contribution in [1.82, 2.24) is 15.5 Å². The van der Waals surface area contributed by atoms with Crippen LogP contribution >= 0.6 is 12.4 Å². The van der Waals surface area contributed by atoms with Gasteiger partial charge >= 0.3 is 6.18 Å². The molecule has 1 rings (SSSR count). The zero-order chi connectivity index (χ0) is 15.7. The van der Waals surface area contributed by atoms with Gasteiger partial charge in [-0.25, -0.2) is 0 Å². The van der Waals surface area contributed by atoms with Gasteiger partial charge in [-0.15, -0.1) is 12.4 Å². The maximum atomic E-state index is 12.4. The number of halogens is 4. The predicted molar refractivity (Wildman–Crippen MR) is 80.2 cm³/mol. The molecule has 1 unspecified atom stereocenters. The van der Waals surface area contributed by atoms with E-state index in [1.54, 1.807) is 7.11 Å². The van der Waals surface area contributed by atoms with Gasteiger partial charge in [0.2, 0.25) is 5.91 Å². The minimum Gasteiger partial charge on any atom is -0.383 e. The van der Waals surface area contributed by atoms with Crippen molar-refractivity contribution in [3.63, 3.8) is 0 Å². The van der Waals surface area contributed by atoms with Gasteiger partial charge in [-0.1, -0.05) is 0 Å². The summed E-state index contributed by atoms with van der Waals surface area (Å²) in [6.07, 6.45) is -2.93. The Hall–Kier alpha value is -0.570. The number of alkyl halides is 3. The Morgan fingerprint density at radius 3 is 2.68 bits per heavy atom. The van der Waals surface area contributed by atoms with Crippen LogP contribution in [0.4, 0.5) is 13.2 Å². The number of piperidine rings is 1. The molecule has 1 atom stereocenters. The maximum absolute atomic E-state index is 12.4. The quantitative estimate of drug-likeness (QED) is 0.644. The fraction of sp³-hybridized carbons (Fsp3) is 0.923. The number of nitrogens with one attached hydrogen (secondary N) is 2. The normalized spacial score (nSPS) is 19.5. The number of carbonyl (C=O) groups excluding carboxylic acids is 1. The van der Waals surface area contributed by atoms with E-state index in [-0.39, 0.29) is 30.8 Å². The summed E-state index contributed by atoms with van der Waals surface area (Å²) in [5.74, 6) is -0.504. The zero-order valence-electron chi connectivity index (χ0n) is 12.7. The Balaban J connectivity index is 0.00000441. The highest BCUT2D eigenvalue weighted by Gasteiger charge is 2.34. The van der Waals surface area contributed by atoms with Gasteiger partial charge in [-0.3, -0.25) is 9.69 Å². The summed E-state index contributed by atoms with van der Waals surface area (Å²) in [7, 11) is 1.61. The average molecular weight is 348 g/mol. The largest absolute Gasteiger partial charge is 0.401 e. The van der Waals surface area contributed by atoms with Gasteiger partial charge in [0.1, 0.15) is 0 Å². The highest BCUT2D eigenvalue weighted by Crippen LogP contribution is 2.22. The number of likely N-dealkylation sites (tertiary alicyclic amines) is 1. The SMILES string of the molecule is COCCNCCNC(=O)C1CCCN(CC(F)(F)F)C1.Cl. The van der Waals surface area contributed by atoms with Gasteiger partial charge in [0.15, 0.2) is 0 Å². The topological polar surface area (TPSA) is 53.6 Å². The molecule has 1 aliphatic heterocycles. The van der Waals surface area contributed by atoms with Crippen LogP contribution in [0.3, 0.4) is 0 Å². The van der Waals surface area contributed by atoms with Crippen molar-refractivity contribution in [3.05, 3.63) is 0 Å². The molecule has 1 saturated heterocycles. The third kappa shape index (κ3) is 9.45. The molecule has 0 saturated carbocycles. The van der Waals surface area contributed by atoms with Crippen LogP contribution in [0.1, 0.15) is 12.8 Å². The van der Waals surface area contributed by atoms with Crippen molar-refractivity contribution < 1.29 is 22.7 Å². The van der Waals surface area contributed by atoms with E-state index in [9.17, 15) is 18.0 Å². The van der Waals surface area contributed by atoms with Gasteiger partial charge < -0.3 is 15.4 Å². The predicted octanol–water partition coefficient (Wildman–Crippen LogP) is 1.03. The summed E-state index contributed by atoms with van der Waals surface area (Å²) in [5.41, 5.74) is 0. The first-order valence-corrected chi connectivity index (χ1v) is 7.19. The molecule has 1 heterocycles. The van der Waals surface area contributed by atoms with E-state index in [2.05, 4.69) is 10.6 Å². The van der Waals surface area contributed by atoms with Gasteiger partial charge in [0, 0.05) is 33.3 Å². The summed E-state index contributed by atoms with van der Waals surface area (Å²) >= 11 is 0. The number of hydrogen-bond acceptors (Lipinski definition) is 4. The zero-order valence-corrected chi connectivity index (χ0v) is 13.6. The van der Waals surface area contributed by atoms with Crippen molar-refractivity contribution in [1.29, 1.82) is 0 Å². The van der Waals surface area contributed by atoms with Gasteiger partial charge in [0.25, 0.3) is 0 Å². The highest BCUT2D eigenvalue weighted by atomic mass is 35.5. The molecule has 1 fully saturated rings. The van der Waals surface area contributed by atoms with Crippen LogP contribution in [-0.4, -0.2) is 70.0 Å². The van der Waals surface area contributed by atoms with E-state index in [1.165, 1.54) is 4.90 Å². The lowest BCUT2D eigenvalue weighted by Gasteiger charge is -2.32. The molecule has 0 spiro atoms. The van der Waals surface area contributed by atoms with E-state index >= 15 is 0 Å². The molecule has 0 aromatic rings. The van der Waals surface area contributed by atoms with Crippen LogP contribution < -0.4 is 10.6 Å². The smallest absolute Gasteiger partial charge is 0.383 e. The van der Waals surface area contributed by atoms with Crippen LogP contribution in [0, 0.1) is 5.92 Å². The standard InChI is InChI=1S/C13H24F3N3O2.ClH/c1-21-8-6-17-4-5-18-12(20)11-3-2-7-19(9-11)10-13(14,15)16;/h11,17H,2-10H2,1H3,(H,18,20);1H. The van der Waals surface area contributed by atoms with Crippen molar-refractivity contribution in [3.8, 4) is 0 Å². The third-order valence-corrected chi connectivity index (χ3v) is 3.36. The van der Waals surface area contributed by atoms with E-state index in [1.807, 2.05) is 0 Å². The van der Waals surface area contributed by atoms with Crippen LogP contribution in [0.2, 0.25) is 0 Å². The second-order valence-corrected chi connectivity index (χ2v) is 5.22. The van der Waals surface area contributed by atoms with Crippen LogP contribution in [0.15, 0.2) is 0 Å². The fourth-order valence-electron chi connectivity index (χ4n) is 2.38. The monoisotopic (exact) mass is 347 g/mol. The number of methoxy groups -OCH3 is 1. The minimum atomic E-state index is -4.20. The Bertz CT molecular complexity index is 319. The molecule has 1 amide bonds. The maximum Gasteiger partial charge on any atom is 0.401 e. The number of hydrogen-bond donors (Lipinski definition) is 2. The van der Waals surface area contributed by atoms with E-state index < -0.39 is 12.7 Å². The average Bonchev–Trinajstić information content (AvgIpc) is 2.41. The summed E-state index contributed by atoms with van der Waals surface area (Å²) in [6.45, 7) is 2.05. The molecule has 0 aliphatic carbocycles. The minimum absolute atomic E-state index is 0. The van der Waals surface area contributed by atoms with Gasteiger partial charge in [0.05, 0.1) is 19.1 Å². The molecular weight excluding hydrogens is 323 g/mol. The Morgan fingerprint density at radius 2 is 2.05 bits per heavy atom. The lowest BCUT2D eigenvalue weighted by molar-refractivity contribution is -0.152. The molecule has 0 radical (unpaired) electrons. The lowest BCUT2D eigenvalue weighted by Crippen LogP contribution is -2.46. The molecule has 22 heavy (non-hydrogen) atoms. The van der Waals surface area contributed by atoms with Crippen molar-refractivity contribution in [2.24, 2.45) is 5.92 Å². The lowest BCUT2D eigenvalue weighted by atomic mass is 9.97. The summed E-state index contributed by atoms with van der Waals surface area (Å²) in [5, 5.41) is 5.85. The summed E-state index contributed by atoms with van der Waals surface area (Å²) < 4.78 is 41.9. The molecule has 132 valence electrons. The highest BCUT2D eigenvalue weighted by molar-refractivity contribution is 5.85. The van der Waals surface area contributed by atoms with Gasteiger partial charge in [-0.2, -0.15) is 13.2 Å². The van der Waals surface area contributed by atoms with Crippen molar-refractivity contribution in [2.45, 2.75) is 19.0 Å². The fourth-order valence-corrected chi connectivity index (χ4v) is 2.38. The molecular formula is C13H25ClF3N3O2. The number of rotatable bonds is 8. The molecule has 5 nitrogen and oxygen atoms in total. The Kier molecular flexibility index (Phi) is 10.8. The second-order valence-electron chi connectivity index (χ2n) is 5.22. The van der Waals surface area contributed by atoms with Crippen LogP contribution in [-0.2, 0) is 9.53 Å². The van der Waals surface area contributed by atoms with Crippen molar-refractivity contribution in [2.75, 3.05) is 53.0 Å². The molecule has 9 heteroatoms. The third-order valence-electron chi connectivity index (χ3n) is 3.36. The van der Waals surface area contributed by atoms with E-state index in [0.29, 0.717) is 45.6 Å². The second kappa shape index (κ2) is 11.0. The van der Waals surface area contributed by atoms with E-state index in [4.69, 9.17) is 4.74 Å². The van der Waals surface area contributed by atoms with Crippen LogP contribution in [0.5, 0.6) is 0 Å². The van der Waals surface area contributed by atoms with Crippen LogP contribution in [0.25, 0.3) is 0 Å². The number of carbonyl (C=O) groups is 1. The summed E-state index contributed by atoms with van der Waals surface area (Å²) in [6, 6.07) is 0. The molecule has 0 aromatic carbocycles. The first-order chi connectivity index (χ1) is 9.92. The Morgan fingerprint density at radius 1 is 1.32 bits per heavy atom. The number of nitrogens with zero attached hydrogens (tertiary/aromatic N) is 1. The van der Waals surface area contributed by atoms with Crippen molar-refractivity contribution >= 4 is 18.3 Å². The molecule has 1 aliphatic rings. The van der Waals surface area contributed by atoms with E-state index in [0.717, 1.165) is 0 Å².